The van der Waals surface area contributed by atoms with Crippen LogP contribution < -0.4 is 9.47 Å². The summed E-state index contributed by atoms with van der Waals surface area (Å²) in [6, 6.07) is 12.7. The van der Waals surface area contributed by atoms with Crippen LogP contribution in [0, 0.1) is 0 Å². The van der Waals surface area contributed by atoms with Crippen LogP contribution in [0.25, 0.3) is 0 Å². The zero-order valence-electron chi connectivity index (χ0n) is 20.0. The highest BCUT2D eigenvalue weighted by Crippen LogP contribution is 2.31. The highest BCUT2D eigenvalue weighted by Gasteiger charge is 2.51. The molecule has 0 spiro atoms. The number of benzene rings is 2. The summed E-state index contributed by atoms with van der Waals surface area (Å²) in [6.45, 7) is 4.19. The lowest BCUT2D eigenvalue weighted by Crippen LogP contribution is -2.36. The fraction of sp³-hybridized carbons (Fsp3) is 0.370. The first-order valence-electron chi connectivity index (χ1n) is 11.9. The molecule has 0 N–H and O–H groups in total. The molecule has 0 aromatic heterocycles. The maximum atomic E-state index is 12.7. The zero-order valence-corrected chi connectivity index (χ0v) is 21.6. The average molecular weight is 575 g/mol. The zero-order chi connectivity index (χ0) is 26.2. The average Bonchev–Trinajstić information content (AvgIpc) is 3.50. The second-order valence-electron chi connectivity index (χ2n) is 8.40. The van der Waals surface area contributed by atoms with Gasteiger partial charge in [0.25, 0.3) is 0 Å². The lowest BCUT2D eigenvalue weighted by molar-refractivity contribution is -0.128. The molecule has 196 valence electrons. The third kappa shape index (κ3) is 6.97. The van der Waals surface area contributed by atoms with Crippen molar-refractivity contribution >= 4 is 33.8 Å². The number of halogens is 1. The van der Waals surface area contributed by atoms with Crippen LogP contribution in [0.15, 0.2) is 61.2 Å². The van der Waals surface area contributed by atoms with Gasteiger partial charge < -0.3 is 28.4 Å². The van der Waals surface area contributed by atoms with Crippen LogP contribution in [0.4, 0.5) is 0 Å². The maximum Gasteiger partial charge on any atom is 0.338 e. The molecule has 2 aromatic carbocycles. The van der Waals surface area contributed by atoms with Gasteiger partial charge in [0.2, 0.25) is 0 Å². The summed E-state index contributed by atoms with van der Waals surface area (Å²) >= 11 is 3.39. The van der Waals surface area contributed by atoms with Crippen LogP contribution in [0.1, 0.15) is 33.6 Å². The number of esters is 3. The van der Waals surface area contributed by atoms with Crippen molar-refractivity contribution in [1.82, 2.24) is 0 Å². The summed E-state index contributed by atoms with van der Waals surface area (Å²) in [5.41, 5.74) is 0.665. The fourth-order valence-corrected chi connectivity index (χ4v) is 4.33. The Hall–Kier alpha value is -3.21. The monoisotopic (exact) mass is 574 g/mol. The quantitative estimate of drug-likeness (QED) is 0.130. The number of hydrogen-bond donors (Lipinski definition) is 0. The lowest BCUT2D eigenvalue weighted by Gasteiger charge is -2.17. The summed E-state index contributed by atoms with van der Waals surface area (Å²) in [7, 11) is 0. The molecule has 0 aliphatic carbocycles. The van der Waals surface area contributed by atoms with Crippen LogP contribution in [0.2, 0.25) is 0 Å². The minimum absolute atomic E-state index is 0.116. The lowest BCUT2D eigenvalue weighted by atomic mass is 10.1. The van der Waals surface area contributed by atoms with E-state index >= 15 is 0 Å². The Bertz CT molecular complexity index is 1100. The molecule has 2 saturated heterocycles. The van der Waals surface area contributed by atoms with Crippen LogP contribution in [-0.2, 0) is 23.7 Å². The molecule has 9 nitrogen and oxygen atoms in total. The third-order valence-electron chi connectivity index (χ3n) is 5.84. The summed E-state index contributed by atoms with van der Waals surface area (Å²) in [5, 5.41) is 0.936. The molecule has 2 fully saturated rings. The van der Waals surface area contributed by atoms with E-state index in [-0.39, 0.29) is 24.5 Å². The van der Waals surface area contributed by atoms with Crippen molar-refractivity contribution in [2.45, 2.75) is 37.3 Å². The van der Waals surface area contributed by atoms with Crippen LogP contribution in [-0.4, -0.2) is 67.5 Å². The summed E-state index contributed by atoms with van der Waals surface area (Å²) in [6.07, 6.45) is 0.644. The van der Waals surface area contributed by atoms with Gasteiger partial charge in [-0.15, -0.1) is 0 Å². The molecule has 0 amide bonds. The summed E-state index contributed by atoms with van der Waals surface area (Å²) < 4.78 is 33.4. The fourth-order valence-electron chi connectivity index (χ4n) is 3.93. The number of hydrogen-bond acceptors (Lipinski definition) is 9. The molecule has 0 radical (unpaired) electrons. The van der Waals surface area contributed by atoms with Gasteiger partial charge in [-0.2, -0.15) is 0 Å². The molecule has 4 atom stereocenters. The molecular formula is C27H27BrO9. The number of alkyl halides is 1. The first kappa shape index (κ1) is 26.8. The van der Waals surface area contributed by atoms with Crippen molar-refractivity contribution in [2.24, 2.45) is 0 Å². The molecule has 0 bridgehead atoms. The Kier molecular flexibility index (Phi) is 9.32. The first-order chi connectivity index (χ1) is 18.0. The van der Waals surface area contributed by atoms with Gasteiger partial charge in [-0.1, -0.05) is 22.5 Å². The van der Waals surface area contributed by atoms with E-state index in [9.17, 15) is 14.4 Å². The van der Waals surface area contributed by atoms with E-state index in [1.807, 2.05) is 0 Å². The second kappa shape index (κ2) is 12.8. The number of carbonyl (C=O) groups is 3. The van der Waals surface area contributed by atoms with Crippen molar-refractivity contribution in [1.29, 1.82) is 0 Å². The minimum atomic E-state index is -0.652. The van der Waals surface area contributed by atoms with Crippen molar-refractivity contribution in [3.63, 3.8) is 0 Å². The van der Waals surface area contributed by atoms with Crippen molar-refractivity contribution in [3.05, 3.63) is 72.3 Å². The second-order valence-corrected chi connectivity index (χ2v) is 9.19. The molecule has 2 heterocycles. The minimum Gasteiger partial charge on any atom is -0.494 e. The predicted octanol–water partition coefficient (Wildman–Crippen LogP) is 3.88. The number of rotatable bonds is 11. The summed E-state index contributed by atoms with van der Waals surface area (Å²) in [4.78, 5) is 36.5. The van der Waals surface area contributed by atoms with E-state index in [0.29, 0.717) is 17.9 Å². The Labute approximate surface area is 222 Å². The Morgan fingerprint density at radius 1 is 0.838 bits per heavy atom. The van der Waals surface area contributed by atoms with Gasteiger partial charge in [0.1, 0.15) is 23.7 Å². The number of ether oxygens (including phenoxy) is 6. The van der Waals surface area contributed by atoms with E-state index in [1.165, 1.54) is 24.3 Å². The van der Waals surface area contributed by atoms with Gasteiger partial charge in [-0.3, -0.25) is 0 Å². The predicted molar refractivity (Wildman–Crippen MR) is 135 cm³/mol. The molecule has 2 aromatic rings. The smallest absolute Gasteiger partial charge is 0.338 e. The largest absolute Gasteiger partial charge is 0.494 e. The van der Waals surface area contributed by atoms with Crippen molar-refractivity contribution in [2.75, 3.05) is 25.2 Å². The molecule has 4 rings (SSSR count). The van der Waals surface area contributed by atoms with E-state index in [0.717, 1.165) is 24.2 Å². The van der Waals surface area contributed by atoms with Gasteiger partial charge in [-0.05, 0) is 61.4 Å². The molecule has 2 aliphatic heterocycles. The Balaban J connectivity index is 1.26. The molecule has 37 heavy (non-hydrogen) atoms. The van der Waals surface area contributed by atoms with Crippen molar-refractivity contribution < 1.29 is 42.8 Å². The normalized spacial score (nSPS) is 22.1. The molecule has 0 saturated carbocycles. The number of unbranched alkanes of at least 4 members (excludes halogenated alkanes) is 1. The maximum absolute atomic E-state index is 12.7. The van der Waals surface area contributed by atoms with Gasteiger partial charge >= 0.3 is 17.9 Å². The Morgan fingerprint density at radius 3 is 1.84 bits per heavy atom. The SMILES string of the molecule is C=CC(=O)Oc1ccc(C(=O)OC2COC3C(OC(=O)c4ccc(OCCCCBr)cc4)COC23)cc1. The van der Waals surface area contributed by atoms with Crippen LogP contribution >= 0.6 is 15.9 Å². The molecule has 10 heteroatoms. The highest BCUT2D eigenvalue weighted by molar-refractivity contribution is 9.09. The van der Waals surface area contributed by atoms with Gasteiger partial charge in [-0.25, -0.2) is 14.4 Å². The van der Waals surface area contributed by atoms with Crippen molar-refractivity contribution in [3.8, 4) is 11.5 Å². The van der Waals surface area contributed by atoms with Gasteiger partial charge in [0.15, 0.2) is 12.2 Å². The Morgan fingerprint density at radius 2 is 1.35 bits per heavy atom. The van der Waals surface area contributed by atoms with Gasteiger partial charge in [0.05, 0.1) is 30.9 Å². The highest BCUT2D eigenvalue weighted by atomic mass is 79.9. The number of carbonyl (C=O) groups excluding carboxylic acids is 3. The molecular weight excluding hydrogens is 548 g/mol. The van der Waals surface area contributed by atoms with E-state index in [1.54, 1.807) is 24.3 Å². The summed E-state index contributed by atoms with van der Waals surface area (Å²) in [5.74, 6) is -0.704. The molecule has 2 aliphatic rings. The van der Waals surface area contributed by atoms with E-state index in [4.69, 9.17) is 28.4 Å². The third-order valence-corrected chi connectivity index (χ3v) is 6.40. The standard InChI is InChI=1S/C27H27BrO9/c1-2-23(29)35-20-11-7-18(8-12-20)27(31)37-22-16-34-24-21(15-33-25(22)24)36-26(30)17-5-9-19(10-6-17)32-14-4-3-13-28/h2,5-12,21-22,24-25H,1,3-4,13-16H2. The van der Waals surface area contributed by atoms with Crippen LogP contribution in [0.3, 0.4) is 0 Å². The molecule has 4 unspecified atom stereocenters. The van der Waals surface area contributed by atoms with Crippen LogP contribution in [0.5, 0.6) is 11.5 Å². The van der Waals surface area contributed by atoms with Gasteiger partial charge in [0, 0.05) is 11.4 Å². The first-order valence-corrected chi connectivity index (χ1v) is 13.0. The number of fused-ring (bicyclic) bond motifs is 1. The topological polar surface area (TPSA) is 107 Å². The van der Waals surface area contributed by atoms with E-state index < -0.39 is 42.3 Å². The van der Waals surface area contributed by atoms with E-state index in [2.05, 4.69) is 22.5 Å².